The summed E-state index contributed by atoms with van der Waals surface area (Å²) in [5.41, 5.74) is 1.04. The number of aliphatic hydroxyl groups is 1. The van der Waals surface area contributed by atoms with Crippen LogP contribution in [0.1, 0.15) is 29.9 Å². The van der Waals surface area contributed by atoms with Gasteiger partial charge in [-0.3, -0.25) is 0 Å². The SMILES string of the molecule is C=CCc1cc(CN=C(NCC)NCC(C)(O)c2cccs2)cc(OC)c1OC.I. The molecule has 0 bridgehead atoms. The van der Waals surface area contributed by atoms with Crippen molar-refractivity contribution in [2.45, 2.75) is 32.4 Å². The second kappa shape index (κ2) is 12.8. The minimum absolute atomic E-state index is 0. The van der Waals surface area contributed by atoms with Gasteiger partial charge in [-0.05, 0) is 49.4 Å². The number of guanidine groups is 1. The van der Waals surface area contributed by atoms with Gasteiger partial charge in [0.15, 0.2) is 17.5 Å². The minimum atomic E-state index is -0.967. The van der Waals surface area contributed by atoms with Crippen LogP contribution >= 0.6 is 35.3 Å². The van der Waals surface area contributed by atoms with Crippen molar-refractivity contribution in [2.24, 2.45) is 4.99 Å². The molecule has 1 atom stereocenters. The molecule has 1 aromatic carbocycles. The topological polar surface area (TPSA) is 75.1 Å². The van der Waals surface area contributed by atoms with Crippen molar-refractivity contribution in [1.29, 1.82) is 0 Å². The molecule has 1 unspecified atom stereocenters. The van der Waals surface area contributed by atoms with E-state index in [-0.39, 0.29) is 24.0 Å². The zero-order valence-electron chi connectivity index (χ0n) is 18.0. The molecule has 0 saturated heterocycles. The Hall–Kier alpha value is -1.78. The highest BCUT2D eigenvalue weighted by atomic mass is 127. The quantitative estimate of drug-likeness (QED) is 0.182. The normalized spacial score (nSPS) is 13.0. The molecular formula is C22H32IN3O3S. The van der Waals surface area contributed by atoms with E-state index in [0.29, 0.717) is 31.2 Å². The van der Waals surface area contributed by atoms with Crippen LogP contribution in [0.4, 0.5) is 0 Å². The Bertz CT molecular complexity index is 823. The van der Waals surface area contributed by atoms with Crippen molar-refractivity contribution in [3.05, 3.63) is 58.3 Å². The molecule has 0 spiro atoms. The number of halogens is 1. The van der Waals surface area contributed by atoms with Gasteiger partial charge in [0, 0.05) is 17.0 Å². The van der Waals surface area contributed by atoms with Gasteiger partial charge in [0.2, 0.25) is 0 Å². The Morgan fingerprint density at radius 2 is 2.07 bits per heavy atom. The maximum absolute atomic E-state index is 10.7. The molecule has 3 N–H and O–H groups in total. The van der Waals surface area contributed by atoms with E-state index in [1.807, 2.05) is 36.6 Å². The minimum Gasteiger partial charge on any atom is -0.493 e. The van der Waals surface area contributed by atoms with Gasteiger partial charge in [-0.25, -0.2) is 4.99 Å². The lowest BCUT2D eigenvalue weighted by Gasteiger charge is -2.23. The highest BCUT2D eigenvalue weighted by molar-refractivity contribution is 14.0. The number of hydrogen-bond acceptors (Lipinski definition) is 5. The predicted molar refractivity (Wildman–Crippen MR) is 136 cm³/mol. The summed E-state index contributed by atoms with van der Waals surface area (Å²) in [5.74, 6) is 2.04. The third-order valence-electron chi connectivity index (χ3n) is 4.40. The van der Waals surface area contributed by atoms with Gasteiger partial charge < -0.3 is 25.2 Å². The molecule has 0 aliphatic rings. The molecule has 0 radical (unpaired) electrons. The van der Waals surface area contributed by atoms with Gasteiger partial charge in [-0.15, -0.1) is 41.9 Å². The molecule has 2 aromatic rings. The second-order valence-corrected chi connectivity index (χ2v) is 7.73. The van der Waals surface area contributed by atoms with E-state index in [9.17, 15) is 5.11 Å². The van der Waals surface area contributed by atoms with Crippen LogP contribution in [0.15, 0.2) is 47.3 Å². The number of allylic oxidation sites excluding steroid dienone is 1. The Morgan fingerprint density at radius 1 is 1.30 bits per heavy atom. The summed E-state index contributed by atoms with van der Waals surface area (Å²) in [6, 6.07) is 7.85. The zero-order chi connectivity index (χ0) is 21.3. The number of aliphatic imine (C=N–C) groups is 1. The number of rotatable bonds is 10. The Labute approximate surface area is 200 Å². The number of methoxy groups -OCH3 is 2. The summed E-state index contributed by atoms with van der Waals surface area (Å²) in [6.45, 7) is 9.16. The van der Waals surface area contributed by atoms with Crippen molar-refractivity contribution in [2.75, 3.05) is 27.3 Å². The van der Waals surface area contributed by atoms with Crippen LogP contribution in [-0.4, -0.2) is 38.4 Å². The van der Waals surface area contributed by atoms with Crippen molar-refractivity contribution in [1.82, 2.24) is 10.6 Å². The average Bonchev–Trinajstić information content (AvgIpc) is 3.26. The molecule has 30 heavy (non-hydrogen) atoms. The number of thiophene rings is 1. The molecule has 0 aliphatic heterocycles. The largest absolute Gasteiger partial charge is 0.493 e. The summed E-state index contributed by atoms with van der Waals surface area (Å²) >= 11 is 1.53. The molecular weight excluding hydrogens is 513 g/mol. The molecule has 2 rings (SSSR count). The molecule has 0 amide bonds. The van der Waals surface area contributed by atoms with E-state index < -0.39 is 5.60 Å². The molecule has 166 valence electrons. The number of hydrogen-bond donors (Lipinski definition) is 3. The first-order valence-corrected chi connectivity index (χ1v) is 10.5. The van der Waals surface area contributed by atoms with E-state index >= 15 is 0 Å². The number of ether oxygens (including phenoxy) is 2. The van der Waals surface area contributed by atoms with E-state index in [2.05, 4.69) is 28.3 Å². The van der Waals surface area contributed by atoms with Crippen LogP contribution < -0.4 is 20.1 Å². The molecule has 1 heterocycles. The molecule has 6 nitrogen and oxygen atoms in total. The van der Waals surface area contributed by atoms with E-state index in [4.69, 9.17) is 9.47 Å². The van der Waals surface area contributed by atoms with Crippen LogP contribution in [0.2, 0.25) is 0 Å². The lowest BCUT2D eigenvalue weighted by Crippen LogP contribution is -2.44. The first-order valence-electron chi connectivity index (χ1n) is 9.58. The molecule has 0 fully saturated rings. The predicted octanol–water partition coefficient (Wildman–Crippen LogP) is 4.07. The van der Waals surface area contributed by atoms with Crippen molar-refractivity contribution < 1.29 is 14.6 Å². The second-order valence-electron chi connectivity index (χ2n) is 6.78. The van der Waals surface area contributed by atoms with Crippen LogP contribution in [0.25, 0.3) is 0 Å². The summed E-state index contributed by atoms with van der Waals surface area (Å²) in [5, 5.41) is 19.1. The standard InChI is InChI=1S/C22H31N3O3S.HI/c1-6-9-17-12-16(13-18(27-4)20(17)28-5)14-24-21(23-7-2)25-15-22(3,26)19-10-8-11-29-19;/h6,8,10-13,26H,1,7,9,14-15H2,2-5H3,(H2,23,24,25);1H. The number of nitrogens with zero attached hydrogens (tertiary/aromatic N) is 1. The zero-order valence-corrected chi connectivity index (χ0v) is 21.2. The van der Waals surface area contributed by atoms with Gasteiger partial charge in [0.05, 0.1) is 27.3 Å². The van der Waals surface area contributed by atoms with E-state index in [1.54, 1.807) is 21.1 Å². The molecule has 1 aromatic heterocycles. The highest BCUT2D eigenvalue weighted by Gasteiger charge is 2.24. The van der Waals surface area contributed by atoms with Gasteiger partial charge in [-0.1, -0.05) is 12.1 Å². The molecule has 0 saturated carbocycles. The Balaban J connectivity index is 0.00000450. The smallest absolute Gasteiger partial charge is 0.191 e. The Morgan fingerprint density at radius 3 is 2.63 bits per heavy atom. The summed E-state index contributed by atoms with van der Waals surface area (Å²) < 4.78 is 11.0. The molecule has 0 aliphatic carbocycles. The fourth-order valence-corrected chi connectivity index (χ4v) is 3.73. The lowest BCUT2D eigenvalue weighted by atomic mass is 10.1. The van der Waals surface area contributed by atoms with Crippen LogP contribution in [0.3, 0.4) is 0 Å². The van der Waals surface area contributed by atoms with Gasteiger partial charge in [-0.2, -0.15) is 0 Å². The lowest BCUT2D eigenvalue weighted by molar-refractivity contribution is 0.0655. The fraction of sp³-hybridized carbons (Fsp3) is 0.409. The summed E-state index contributed by atoms with van der Waals surface area (Å²) in [4.78, 5) is 5.58. The number of nitrogens with one attached hydrogen (secondary N) is 2. The van der Waals surface area contributed by atoms with E-state index in [1.165, 1.54) is 11.3 Å². The third-order valence-corrected chi connectivity index (χ3v) is 5.52. The van der Waals surface area contributed by atoms with Crippen LogP contribution in [-0.2, 0) is 18.6 Å². The first-order chi connectivity index (χ1) is 13.9. The molecule has 8 heteroatoms. The van der Waals surface area contributed by atoms with Crippen molar-refractivity contribution >= 4 is 41.3 Å². The maximum Gasteiger partial charge on any atom is 0.191 e. The van der Waals surface area contributed by atoms with E-state index in [0.717, 1.165) is 28.3 Å². The van der Waals surface area contributed by atoms with Gasteiger partial charge in [0.25, 0.3) is 0 Å². The van der Waals surface area contributed by atoms with Crippen molar-refractivity contribution in [3.8, 4) is 11.5 Å². The Kier molecular flexibility index (Phi) is 11.2. The third kappa shape index (κ3) is 7.17. The number of benzene rings is 1. The first kappa shape index (κ1) is 26.3. The average molecular weight is 545 g/mol. The van der Waals surface area contributed by atoms with Crippen LogP contribution in [0.5, 0.6) is 11.5 Å². The maximum atomic E-state index is 10.7. The highest BCUT2D eigenvalue weighted by Crippen LogP contribution is 2.33. The summed E-state index contributed by atoms with van der Waals surface area (Å²) in [7, 11) is 3.26. The summed E-state index contributed by atoms with van der Waals surface area (Å²) in [6.07, 6.45) is 2.52. The fourth-order valence-electron chi connectivity index (χ4n) is 2.94. The van der Waals surface area contributed by atoms with Crippen LogP contribution in [0, 0.1) is 0 Å². The van der Waals surface area contributed by atoms with Gasteiger partial charge >= 0.3 is 0 Å². The monoisotopic (exact) mass is 545 g/mol. The van der Waals surface area contributed by atoms with Gasteiger partial charge in [0.1, 0.15) is 5.60 Å². The van der Waals surface area contributed by atoms with Crippen molar-refractivity contribution in [3.63, 3.8) is 0 Å².